The second-order valence-corrected chi connectivity index (χ2v) is 8.63. The van der Waals surface area contributed by atoms with Crippen molar-refractivity contribution in [1.29, 1.82) is 0 Å². The molecule has 1 aromatic carbocycles. The van der Waals surface area contributed by atoms with Gasteiger partial charge < -0.3 is 4.74 Å². The highest BCUT2D eigenvalue weighted by Crippen LogP contribution is 2.65. The maximum atomic E-state index is 12.6. The molecule has 4 nitrogen and oxygen atoms in total. The molecule has 1 heterocycles. The summed E-state index contributed by atoms with van der Waals surface area (Å²) in [5.41, 5.74) is 2.12. The molecule has 0 N–H and O–H groups in total. The summed E-state index contributed by atoms with van der Waals surface area (Å²) in [7, 11) is 0. The highest BCUT2D eigenvalue weighted by Gasteiger charge is 2.73. The average molecular weight is 340 g/mol. The lowest BCUT2D eigenvalue weighted by Gasteiger charge is -2.40. The highest BCUT2D eigenvalue weighted by atomic mass is 16.6. The van der Waals surface area contributed by atoms with E-state index < -0.39 is 0 Å². The van der Waals surface area contributed by atoms with Crippen molar-refractivity contribution < 1.29 is 9.53 Å². The van der Waals surface area contributed by atoms with E-state index in [1.165, 1.54) is 12.0 Å². The van der Waals surface area contributed by atoms with Crippen molar-refractivity contribution in [1.82, 2.24) is 5.01 Å². The lowest BCUT2D eigenvalue weighted by molar-refractivity contribution is 0.0567. The van der Waals surface area contributed by atoms with Gasteiger partial charge in [0.2, 0.25) is 0 Å². The molecule has 2 saturated carbocycles. The van der Waals surface area contributed by atoms with Crippen molar-refractivity contribution in [3.8, 4) is 0 Å². The van der Waals surface area contributed by atoms with Crippen LogP contribution in [0.25, 0.3) is 0 Å². The summed E-state index contributed by atoms with van der Waals surface area (Å²) in [4.78, 5) is 12.6. The van der Waals surface area contributed by atoms with Gasteiger partial charge in [-0.15, -0.1) is 0 Å². The van der Waals surface area contributed by atoms with Gasteiger partial charge in [-0.3, -0.25) is 0 Å². The van der Waals surface area contributed by atoms with E-state index in [0.717, 1.165) is 25.0 Å². The topological polar surface area (TPSA) is 41.9 Å². The van der Waals surface area contributed by atoms with Crippen LogP contribution in [-0.2, 0) is 11.2 Å². The zero-order valence-corrected chi connectivity index (χ0v) is 15.7. The standard InChI is InChI=1S/C21H28N2O2/c1-14(12-16-8-6-5-7-9-16)15(2)22-23-19(24)25-18-13-17-10-11-21(18,23)20(17,3)4/h5-9,14,17-18H,10-13H2,1-4H3/b22-15+/t14-,17+,18+,21-/m0/s1. The molecule has 0 radical (unpaired) electrons. The first kappa shape index (κ1) is 16.6. The molecule has 134 valence electrons. The van der Waals surface area contributed by atoms with Crippen LogP contribution >= 0.6 is 0 Å². The number of hydrazone groups is 1. The molecule has 2 bridgehead atoms. The van der Waals surface area contributed by atoms with Crippen LogP contribution in [0.3, 0.4) is 0 Å². The lowest BCUT2D eigenvalue weighted by atomic mass is 9.75. The first-order valence-corrected chi connectivity index (χ1v) is 9.46. The van der Waals surface area contributed by atoms with Crippen LogP contribution in [0.4, 0.5) is 4.79 Å². The van der Waals surface area contributed by atoms with Crippen molar-refractivity contribution in [2.75, 3.05) is 0 Å². The molecule has 4 heteroatoms. The number of rotatable bonds is 4. The molecular formula is C21H28N2O2. The van der Waals surface area contributed by atoms with Crippen molar-refractivity contribution in [3.05, 3.63) is 35.9 Å². The highest BCUT2D eigenvalue weighted by molar-refractivity contribution is 5.86. The maximum absolute atomic E-state index is 12.6. The van der Waals surface area contributed by atoms with Crippen molar-refractivity contribution in [2.24, 2.45) is 22.4 Å². The Balaban J connectivity index is 1.60. The van der Waals surface area contributed by atoms with E-state index in [1.807, 2.05) is 13.0 Å². The summed E-state index contributed by atoms with van der Waals surface area (Å²) in [5.74, 6) is 0.915. The normalized spacial score (nSPS) is 34.2. The van der Waals surface area contributed by atoms with E-state index in [2.05, 4.69) is 45.0 Å². The van der Waals surface area contributed by atoms with E-state index in [-0.39, 0.29) is 29.1 Å². The molecule has 4 rings (SSSR count). The largest absolute Gasteiger partial charge is 0.442 e. The Hall–Kier alpha value is -1.84. The molecule has 3 fully saturated rings. The van der Waals surface area contributed by atoms with Gasteiger partial charge in [0.1, 0.15) is 11.6 Å². The molecule has 0 aromatic heterocycles. The third kappa shape index (κ3) is 2.26. The predicted octanol–water partition coefficient (Wildman–Crippen LogP) is 4.64. The number of hydrogen-bond donors (Lipinski definition) is 0. The van der Waals surface area contributed by atoms with E-state index >= 15 is 0 Å². The summed E-state index contributed by atoms with van der Waals surface area (Å²) in [6.45, 7) is 8.80. The van der Waals surface area contributed by atoms with Crippen LogP contribution in [0.1, 0.15) is 52.5 Å². The van der Waals surface area contributed by atoms with Crippen LogP contribution in [0.5, 0.6) is 0 Å². The van der Waals surface area contributed by atoms with Gasteiger partial charge in [0.05, 0.1) is 0 Å². The number of carbonyl (C=O) groups is 1. The number of amides is 1. The zero-order chi connectivity index (χ0) is 17.8. The van der Waals surface area contributed by atoms with Crippen LogP contribution in [0, 0.1) is 17.3 Å². The summed E-state index contributed by atoms with van der Waals surface area (Å²) < 4.78 is 5.74. The third-order valence-electron chi connectivity index (χ3n) is 7.19. The molecule has 25 heavy (non-hydrogen) atoms. The Morgan fingerprint density at radius 3 is 2.76 bits per heavy atom. The summed E-state index contributed by atoms with van der Waals surface area (Å²) in [6.07, 6.45) is 3.85. The van der Waals surface area contributed by atoms with Gasteiger partial charge >= 0.3 is 6.09 Å². The predicted molar refractivity (Wildman–Crippen MR) is 98.4 cm³/mol. The molecule has 1 amide bonds. The molecule has 3 aliphatic rings. The van der Waals surface area contributed by atoms with Crippen molar-refractivity contribution in [3.63, 3.8) is 0 Å². The Bertz CT molecular complexity index is 712. The lowest BCUT2D eigenvalue weighted by Crippen LogP contribution is -2.53. The molecule has 2 aliphatic carbocycles. The Morgan fingerprint density at radius 2 is 2.08 bits per heavy atom. The van der Waals surface area contributed by atoms with Crippen LogP contribution in [0.2, 0.25) is 0 Å². The fourth-order valence-electron chi connectivity index (χ4n) is 5.37. The summed E-state index contributed by atoms with van der Waals surface area (Å²) in [6, 6.07) is 10.5. The SMILES string of the molecule is C/C(=N\N1C(=O)O[C@@H]2C[C@H]3CC[C@@]21C3(C)C)[C@@H](C)Cc1ccccc1. The Morgan fingerprint density at radius 1 is 1.36 bits per heavy atom. The monoisotopic (exact) mass is 340 g/mol. The number of nitrogens with zero attached hydrogens (tertiary/aromatic N) is 2. The van der Waals surface area contributed by atoms with Gasteiger partial charge in [0.25, 0.3) is 0 Å². The third-order valence-corrected chi connectivity index (χ3v) is 7.19. The molecule has 1 aromatic rings. The zero-order valence-electron chi connectivity index (χ0n) is 15.7. The molecule has 4 atom stereocenters. The van der Waals surface area contributed by atoms with E-state index in [1.54, 1.807) is 5.01 Å². The quantitative estimate of drug-likeness (QED) is 0.749. The second kappa shape index (κ2) is 5.58. The van der Waals surface area contributed by atoms with Gasteiger partial charge in [-0.05, 0) is 55.4 Å². The molecular weight excluding hydrogens is 312 g/mol. The molecule has 1 spiro atoms. The average Bonchev–Trinajstić information content (AvgIpc) is 3.09. The summed E-state index contributed by atoms with van der Waals surface area (Å²) >= 11 is 0. The van der Waals surface area contributed by atoms with Gasteiger partial charge in [-0.25, -0.2) is 4.79 Å². The van der Waals surface area contributed by atoms with Crippen LogP contribution in [0.15, 0.2) is 35.4 Å². The Kier molecular flexibility index (Phi) is 3.71. The Labute approximate surface area is 150 Å². The van der Waals surface area contributed by atoms with Crippen molar-refractivity contribution >= 4 is 11.8 Å². The number of benzene rings is 1. The fourth-order valence-corrected chi connectivity index (χ4v) is 5.37. The second-order valence-electron chi connectivity index (χ2n) is 8.63. The first-order valence-electron chi connectivity index (χ1n) is 9.46. The smallest absolute Gasteiger partial charge is 0.431 e. The number of ether oxygens (including phenoxy) is 1. The van der Waals surface area contributed by atoms with Crippen molar-refractivity contribution in [2.45, 2.75) is 65.0 Å². The van der Waals surface area contributed by atoms with Gasteiger partial charge in [0, 0.05) is 5.71 Å². The van der Waals surface area contributed by atoms with E-state index in [0.29, 0.717) is 5.92 Å². The summed E-state index contributed by atoms with van der Waals surface area (Å²) in [5, 5.41) is 6.56. The van der Waals surface area contributed by atoms with Gasteiger partial charge in [-0.1, -0.05) is 51.1 Å². The molecule has 0 unspecified atom stereocenters. The number of fused-ring (bicyclic) bond motifs is 1. The van der Waals surface area contributed by atoms with Gasteiger partial charge in [0.15, 0.2) is 0 Å². The van der Waals surface area contributed by atoms with Gasteiger partial charge in [-0.2, -0.15) is 10.1 Å². The number of carbonyl (C=O) groups excluding carboxylic acids is 1. The van der Waals surface area contributed by atoms with E-state index in [4.69, 9.17) is 9.84 Å². The minimum Gasteiger partial charge on any atom is -0.442 e. The van der Waals surface area contributed by atoms with Crippen LogP contribution in [-0.4, -0.2) is 28.5 Å². The first-order chi connectivity index (χ1) is 11.9. The minimum atomic E-state index is -0.260. The van der Waals surface area contributed by atoms with Crippen LogP contribution < -0.4 is 0 Å². The fraction of sp³-hybridized carbons (Fsp3) is 0.619. The maximum Gasteiger partial charge on any atom is 0.431 e. The number of hydrogen-bond acceptors (Lipinski definition) is 3. The molecule has 1 aliphatic heterocycles. The molecule has 1 saturated heterocycles. The minimum absolute atomic E-state index is 0.00901. The van der Waals surface area contributed by atoms with E-state index in [9.17, 15) is 4.79 Å².